The molecule has 0 aliphatic rings. The summed E-state index contributed by atoms with van der Waals surface area (Å²) >= 11 is 0. The number of pyridine rings is 2. The molecule has 0 fully saturated rings. The minimum absolute atomic E-state index is 0.114. The first kappa shape index (κ1) is 22.6. The van der Waals surface area contributed by atoms with Crippen LogP contribution in [0.2, 0.25) is 0 Å². The number of hydrogen-bond donors (Lipinski definition) is 2. The Balaban J connectivity index is 2.13. The van der Waals surface area contributed by atoms with Gasteiger partial charge in [-0.3, -0.25) is 9.59 Å². The van der Waals surface area contributed by atoms with Gasteiger partial charge in [-0.05, 0) is 44.5 Å². The Morgan fingerprint density at radius 3 is 1.55 bits per heavy atom. The highest BCUT2D eigenvalue weighted by Gasteiger charge is 2.30. The lowest BCUT2D eigenvalue weighted by molar-refractivity contribution is 0.448. The molecule has 0 saturated carbocycles. The number of aryl methyl sites for hydroxylation is 2. The summed E-state index contributed by atoms with van der Waals surface area (Å²) in [6.07, 6.45) is 2.05. The average Bonchev–Trinajstić information content (AvgIpc) is 2.83. The number of nitrogens with zero attached hydrogens (tertiary/aromatic N) is 2. The van der Waals surface area contributed by atoms with Crippen molar-refractivity contribution in [2.45, 2.75) is 59.0 Å². The molecular weight excluding hydrogens is 416 g/mol. The largest absolute Gasteiger partial charge is 0.507 e. The molecule has 0 amide bonds. The summed E-state index contributed by atoms with van der Waals surface area (Å²) in [6, 6.07) is 14.5. The van der Waals surface area contributed by atoms with Gasteiger partial charge in [0.05, 0.1) is 22.2 Å². The van der Waals surface area contributed by atoms with E-state index < -0.39 is 5.92 Å². The lowest BCUT2D eigenvalue weighted by atomic mass is 9.85. The zero-order chi connectivity index (χ0) is 23.7. The molecule has 33 heavy (non-hydrogen) atoms. The van der Waals surface area contributed by atoms with Gasteiger partial charge in [-0.15, -0.1) is 0 Å². The van der Waals surface area contributed by atoms with E-state index in [4.69, 9.17) is 0 Å². The highest BCUT2D eigenvalue weighted by Crippen LogP contribution is 2.40. The number of para-hydroxylation sites is 2. The van der Waals surface area contributed by atoms with Crippen molar-refractivity contribution in [3.05, 3.63) is 80.4 Å². The number of aromatic hydroxyl groups is 2. The van der Waals surface area contributed by atoms with Gasteiger partial charge >= 0.3 is 0 Å². The van der Waals surface area contributed by atoms with Crippen LogP contribution in [0.15, 0.2) is 58.1 Å². The summed E-state index contributed by atoms with van der Waals surface area (Å²) in [6.45, 7) is 6.65. The zero-order valence-corrected chi connectivity index (χ0v) is 19.3. The molecule has 2 aromatic heterocycles. The Morgan fingerprint density at radius 2 is 1.15 bits per heavy atom. The molecule has 4 aromatic rings. The van der Waals surface area contributed by atoms with Crippen LogP contribution in [0.1, 0.15) is 57.1 Å². The van der Waals surface area contributed by atoms with Crippen LogP contribution in [0.5, 0.6) is 11.5 Å². The molecule has 2 N–H and O–H groups in total. The van der Waals surface area contributed by atoms with E-state index in [-0.39, 0.29) is 33.7 Å². The maximum Gasteiger partial charge on any atom is 0.258 e. The molecule has 0 atom stereocenters. The third kappa shape index (κ3) is 3.59. The van der Waals surface area contributed by atoms with Gasteiger partial charge in [0.25, 0.3) is 11.1 Å². The van der Waals surface area contributed by atoms with E-state index in [0.29, 0.717) is 41.3 Å². The van der Waals surface area contributed by atoms with Gasteiger partial charge in [0.2, 0.25) is 0 Å². The quantitative estimate of drug-likeness (QED) is 0.414. The number of hydrogen-bond acceptors (Lipinski definition) is 4. The van der Waals surface area contributed by atoms with E-state index in [1.807, 2.05) is 57.2 Å². The molecule has 2 heterocycles. The van der Waals surface area contributed by atoms with Crippen molar-refractivity contribution >= 4 is 21.8 Å². The predicted molar refractivity (Wildman–Crippen MR) is 132 cm³/mol. The zero-order valence-electron chi connectivity index (χ0n) is 19.3. The highest BCUT2D eigenvalue weighted by atomic mass is 16.3. The lowest BCUT2D eigenvalue weighted by Crippen LogP contribution is -2.31. The first-order chi connectivity index (χ1) is 16.0. The Kier molecular flexibility index (Phi) is 6.27. The highest BCUT2D eigenvalue weighted by molar-refractivity contribution is 5.88. The Bertz CT molecular complexity index is 1340. The molecule has 0 aliphatic heterocycles. The van der Waals surface area contributed by atoms with Gasteiger partial charge in [-0.1, -0.05) is 44.0 Å². The number of aromatic nitrogens is 2. The van der Waals surface area contributed by atoms with Crippen molar-refractivity contribution in [3.8, 4) is 11.5 Å². The van der Waals surface area contributed by atoms with E-state index in [1.54, 1.807) is 21.3 Å². The fraction of sp³-hybridized carbons (Fsp3) is 0.333. The standard InChI is InChI=1S/C27H30N2O4/c1-4-7-12-19(22-24(30)17-13-8-10-15-20(17)28(5-2)26(22)32)23-25(31)18-14-9-11-16-21(18)29(6-3)27(23)33/h8-11,13-16,19,30-31H,4-7,12H2,1-3H3. The molecule has 6 heteroatoms. The fourth-order valence-corrected chi connectivity index (χ4v) is 4.92. The minimum atomic E-state index is -0.727. The first-order valence-corrected chi connectivity index (χ1v) is 11.6. The van der Waals surface area contributed by atoms with Crippen molar-refractivity contribution in [1.29, 1.82) is 0 Å². The molecule has 0 unspecified atom stereocenters. The molecule has 2 aromatic carbocycles. The predicted octanol–water partition coefficient (Wildman–Crippen LogP) is 5.09. The van der Waals surface area contributed by atoms with E-state index >= 15 is 0 Å². The molecule has 0 aliphatic carbocycles. The number of benzene rings is 2. The van der Waals surface area contributed by atoms with Gasteiger partial charge in [0.15, 0.2) is 0 Å². The second-order valence-electron chi connectivity index (χ2n) is 8.35. The number of unbranched alkanes of at least 4 members (excludes halogenated alkanes) is 1. The molecule has 0 radical (unpaired) electrons. The van der Waals surface area contributed by atoms with Gasteiger partial charge in [0, 0.05) is 29.8 Å². The summed E-state index contributed by atoms with van der Waals surface area (Å²) < 4.78 is 3.25. The van der Waals surface area contributed by atoms with Crippen molar-refractivity contribution in [1.82, 2.24) is 9.13 Å². The summed E-state index contributed by atoms with van der Waals surface area (Å²) in [4.78, 5) is 27.3. The van der Waals surface area contributed by atoms with Crippen LogP contribution in [0.25, 0.3) is 21.8 Å². The Hall–Kier alpha value is -3.54. The average molecular weight is 447 g/mol. The van der Waals surface area contributed by atoms with Crippen LogP contribution in [0, 0.1) is 0 Å². The topological polar surface area (TPSA) is 84.5 Å². The summed E-state index contributed by atoms with van der Waals surface area (Å²) in [5.74, 6) is -0.956. The van der Waals surface area contributed by atoms with Crippen LogP contribution in [0.3, 0.4) is 0 Å². The molecule has 6 nitrogen and oxygen atoms in total. The lowest BCUT2D eigenvalue weighted by Gasteiger charge is -2.23. The van der Waals surface area contributed by atoms with Gasteiger partial charge in [-0.25, -0.2) is 0 Å². The van der Waals surface area contributed by atoms with Crippen molar-refractivity contribution in [2.75, 3.05) is 0 Å². The maximum absolute atomic E-state index is 13.7. The SMILES string of the molecule is CCCCC(c1c(O)c2ccccc2n(CC)c1=O)c1c(O)c2ccccc2n(CC)c1=O. The normalized spacial score (nSPS) is 11.6. The van der Waals surface area contributed by atoms with E-state index in [0.717, 1.165) is 12.8 Å². The Morgan fingerprint density at radius 1 is 0.727 bits per heavy atom. The summed E-state index contributed by atoms with van der Waals surface area (Å²) in [7, 11) is 0. The first-order valence-electron chi connectivity index (χ1n) is 11.6. The van der Waals surface area contributed by atoms with E-state index in [2.05, 4.69) is 0 Å². The summed E-state index contributed by atoms with van der Waals surface area (Å²) in [5, 5.41) is 23.7. The van der Waals surface area contributed by atoms with Crippen LogP contribution >= 0.6 is 0 Å². The van der Waals surface area contributed by atoms with Crippen molar-refractivity contribution < 1.29 is 10.2 Å². The third-order valence-corrected chi connectivity index (χ3v) is 6.54. The maximum atomic E-state index is 13.7. The van der Waals surface area contributed by atoms with Crippen molar-refractivity contribution in [3.63, 3.8) is 0 Å². The van der Waals surface area contributed by atoms with Crippen LogP contribution < -0.4 is 11.1 Å². The second-order valence-corrected chi connectivity index (χ2v) is 8.35. The molecule has 0 spiro atoms. The number of rotatable bonds is 7. The second kappa shape index (κ2) is 9.14. The van der Waals surface area contributed by atoms with Gasteiger partial charge < -0.3 is 19.3 Å². The number of fused-ring (bicyclic) bond motifs is 2. The molecule has 0 saturated heterocycles. The van der Waals surface area contributed by atoms with Crippen LogP contribution in [-0.2, 0) is 13.1 Å². The van der Waals surface area contributed by atoms with Crippen molar-refractivity contribution in [2.24, 2.45) is 0 Å². The van der Waals surface area contributed by atoms with E-state index in [1.165, 1.54) is 0 Å². The van der Waals surface area contributed by atoms with Crippen LogP contribution in [-0.4, -0.2) is 19.3 Å². The molecular formula is C27H30N2O4. The smallest absolute Gasteiger partial charge is 0.258 e. The third-order valence-electron chi connectivity index (χ3n) is 6.54. The minimum Gasteiger partial charge on any atom is -0.507 e. The molecule has 4 rings (SSSR count). The fourth-order valence-electron chi connectivity index (χ4n) is 4.92. The van der Waals surface area contributed by atoms with E-state index in [9.17, 15) is 19.8 Å². The summed E-state index contributed by atoms with van der Waals surface area (Å²) in [5.41, 5.74) is 0.988. The Labute approximate surface area is 192 Å². The monoisotopic (exact) mass is 446 g/mol. The van der Waals surface area contributed by atoms with Crippen LogP contribution in [0.4, 0.5) is 0 Å². The molecule has 0 bridgehead atoms. The van der Waals surface area contributed by atoms with Gasteiger partial charge in [0.1, 0.15) is 11.5 Å². The molecule has 172 valence electrons. The van der Waals surface area contributed by atoms with Gasteiger partial charge in [-0.2, -0.15) is 0 Å².